The van der Waals surface area contributed by atoms with Gasteiger partial charge in [0.1, 0.15) is 29.2 Å². The number of hydrogen-bond acceptors (Lipinski definition) is 6. The van der Waals surface area contributed by atoms with Crippen LogP contribution in [0, 0.1) is 39.4 Å². The van der Waals surface area contributed by atoms with Gasteiger partial charge in [0, 0.05) is 30.6 Å². The molecule has 0 aromatic carbocycles. The molecule has 0 aromatic heterocycles. The summed E-state index contributed by atoms with van der Waals surface area (Å²) in [5.74, 6) is 0.760. The number of rotatable bonds is 5. The Morgan fingerprint density at radius 1 is 1.08 bits per heavy atom. The molecule has 1 spiro atoms. The summed E-state index contributed by atoms with van der Waals surface area (Å²) in [5, 5.41) is 12.1. The van der Waals surface area contributed by atoms with E-state index in [-0.39, 0.29) is 68.5 Å². The number of esters is 1. The van der Waals surface area contributed by atoms with Gasteiger partial charge in [-0.15, -0.1) is 0 Å². The smallest absolute Gasteiger partial charge is 0.302 e. The summed E-state index contributed by atoms with van der Waals surface area (Å²) < 4.78 is 18.7. The van der Waals surface area contributed by atoms with Crippen molar-refractivity contribution >= 4 is 11.8 Å². The molecule has 0 bridgehead atoms. The van der Waals surface area contributed by atoms with Crippen molar-refractivity contribution in [2.75, 3.05) is 0 Å². The van der Waals surface area contributed by atoms with E-state index in [1.807, 2.05) is 13.8 Å². The van der Waals surface area contributed by atoms with Crippen LogP contribution in [0.3, 0.4) is 0 Å². The van der Waals surface area contributed by atoms with Crippen LogP contribution in [0.15, 0.2) is 0 Å². The van der Waals surface area contributed by atoms with Crippen LogP contribution < -0.4 is 0 Å². The van der Waals surface area contributed by atoms with E-state index in [1.54, 1.807) is 0 Å². The summed E-state index contributed by atoms with van der Waals surface area (Å²) in [7, 11) is 0. The maximum atomic E-state index is 13.0. The number of ketones is 1. The molecule has 0 amide bonds. The Balaban J connectivity index is 1.31. The van der Waals surface area contributed by atoms with Gasteiger partial charge in [-0.2, -0.15) is 0 Å². The van der Waals surface area contributed by atoms with Gasteiger partial charge in [-0.05, 0) is 81.0 Å². The molecule has 38 heavy (non-hydrogen) atoms. The number of ether oxygens (including phenoxy) is 3. The summed E-state index contributed by atoms with van der Waals surface area (Å²) in [5.41, 5.74) is -1.43. The Morgan fingerprint density at radius 2 is 1.74 bits per heavy atom. The van der Waals surface area contributed by atoms with Crippen LogP contribution in [0.2, 0.25) is 0 Å². The second-order valence-corrected chi connectivity index (χ2v) is 16.0. The van der Waals surface area contributed by atoms with E-state index in [2.05, 4.69) is 41.5 Å². The molecule has 4 saturated carbocycles. The van der Waals surface area contributed by atoms with Crippen LogP contribution >= 0.6 is 0 Å². The average Bonchev–Trinajstić information content (AvgIpc) is 3.62. The Labute approximate surface area is 228 Å². The summed E-state index contributed by atoms with van der Waals surface area (Å²) in [6.45, 7) is 19.4. The minimum atomic E-state index is -0.452. The zero-order valence-corrected chi connectivity index (χ0v) is 25.1. The van der Waals surface area contributed by atoms with Crippen molar-refractivity contribution in [3.63, 3.8) is 0 Å². The first kappa shape index (κ1) is 27.2. The fourth-order valence-electron chi connectivity index (χ4n) is 11.7. The summed E-state index contributed by atoms with van der Waals surface area (Å²) >= 11 is 0. The third-order valence-electron chi connectivity index (χ3n) is 13.7. The molecule has 2 heterocycles. The lowest BCUT2D eigenvalue weighted by atomic mass is 9.35. The summed E-state index contributed by atoms with van der Waals surface area (Å²) in [6.07, 6.45) is 6.17. The van der Waals surface area contributed by atoms with E-state index in [0.29, 0.717) is 31.0 Å². The quantitative estimate of drug-likeness (QED) is 0.367. The monoisotopic (exact) mass is 530 g/mol. The van der Waals surface area contributed by atoms with Gasteiger partial charge < -0.3 is 19.3 Å². The molecule has 6 heteroatoms. The van der Waals surface area contributed by atoms with E-state index in [9.17, 15) is 14.7 Å². The molecule has 11 atom stereocenters. The minimum Gasteiger partial charge on any atom is -0.460 e. The normalized spacial score (nSPS) is 53.1. The topological polar surface area (TPSA) is 88.7 Å². The van der Waals surface area contributed by atoms with Gasteiger partial charge in [-0.3, -0.25) is 9.59 Å². The number of epoxide rings is 2. The van der Waals surface area contributed by atoms with Gasteiger partial charge in [0.25, 0.3) is 0 Å². The van der Waals surface area contributed by atoms with E-state index in [0.717, 1.165) is 32.1 Å². The number of carbonyl (C=O) groups is 2. The number of carbonyl (C=O) groups excluding carboxylic acids is 2. The summed E-state index contributed by atoms with van der Waals surface area (Å²) in [6, 6.07) is 0. The number of aliphatic hydroxyl groups excluding tert-OH is 1. The number of aliphatic hydroxyl groups is 1. The number of hydrogen-bond donors (Lipinski definition) is 1. The van der Waals surface area contributed by atoms with Gasteiger partial charge in [0.2, 0.25) is 0 Å². The fraction of sp³-hybridized carbons (Fsp3) is 0.938. The van der Waals surface area contributed by atoms with Crippen LogP contribution in [-0.2, 0) is 23.8 Å². The highest BCUT2D eigenvalue weighted by atomic mass is 16.6. The number of Topliss-reactive ketones (excluding diaryl/α,β-unsaturated/α-hetero) is 1. The highest BCUT2D eigenvalue weighted by Crippen LogP contribution is 2.84. The minimum absolute atomic E-state index is 0.0516. The van der Waals surface area contributed by atoms with Crippen LogP contribution in [0.5, 0.6) is 0 Å². The third kappa shape index (κ3) is 3.06. The number of fused-ring (bicyclic) bond motifs is 4. The van der Waals surface area contributed by atoms with Gasteiger partial charge in [0.05, 0.1) is 11.7 Å². The largest absolute Gasteiger partial charge is 0.460 e. The Bertz CT molecular complexity index is 1070. The summed E-state index contributed by atoms with van der Waals surface area (Å²) in [4.78, 5) is 24.9. The molecule has 2 saturated heterocycles. The fourth-order valence-corrected chi connectivity index (χ4v) is 11.7. The van der Waals surface area contributed by atoms with Crippen molar-refractivity contribution in [1.29, 1.82) is 0 Å². The lowest BCUT2D eigenvalue weighted by molar-refractivity contribution is -0.242. The van der Waals surface area contributed by atoms with Gasteiger partial charge >= 0.3 is 5.97 Å². The zero-order chi connectivity index (χ0) is 27.9. The molecular weight excluding hydrogens is 480 g/mol. The van der Waals surface area contributed by atoms with E-state index < -0.39 is 6.10 Å². The SMILES string of the molecule is CC(=O)OC(CC(C)C12CCC3(C)C4(C)CCC5C(C)(C)C(=O)CCC5(C)C4C(O)CC13O2)C1OC1(C)C. The predicted octanol–water partition coefficient (Wildman–Crippen LogP) is 5.62. The molecule has 2 aliphatic heterocycles. The Kier molecular flexibility index (Phi) is 5.47. The van der Waals surface area contributed by atoms with Crippen LogP contribution in [0.4, 0.5) is 0 Å². The van der Waals surface area contributed by atoms with Crippen LogP contribution in [-0.4, -0.2) is 52.0 Å². The lowest BCUT2D eigenvalue weighted by Crippen LogP contribution is -2.69. The third-order valence-corrected chi connectivity index (χ3v) is 13.7. The highest BCUT2D eigenvalue weighted by molar-refractivity contribution is 5.85. The first-order chi connectivity index (χ1) is 17.4. The van der Waals surface area contributed by atoms with Crippen molar-refractivity contribution in [1.82, 2.24) is 0 Å². The van der Waals surface area contributed by atoms with E-state index >= 15 is 0 Å². The van der Waals surface area contributed by atoms with Crippen molar-refractivity contribution < 1.29 is 28.9 Å². The second kappa shape index (κ2) is 7.64. The standard InChI is InChI=1S/C32H50O6/c1-18(16-21(36-19(2)33)25-27(5,6)37-25)31-15-14-30(9)29(8)13-10-22-26(3,4)23(35)11-12-28(22,7)24(29)20(34)17-32(30,31)38-31/h18,20-22,24-25,34H,10-17H2,1-9H3. The first-order valence-corrected chi connectivity index (χ1v) is 15.2. The molecular formula is C32H50O6. The predicted molar refractivity (Wildman–Crippen MR) is 143 cm³/mol. The zero-order valence-electron chi connectivity index (χ0n) is 25.1. The molecule has 6 aliphatic rings. The average molecular weight is 531 g/mol. The van der Waals surface area contributed by atoms with Crippen LogP contribution in [0.25, 0.3) is 0 Å². The molecule has 6 fully saturated rings. The van der Waals surface area contributed by atoms with Crippen molar-refractivity contribution in [2.24, 2.45) is 39.4 Å². The molecule has 0 radical (unpaired) electrons. The highest BCUT2D eigenvalue weighted by Gasteiger charge is 2.88. The molecule has 214 valence electrons. The molecule has 6 nitrogen and oxygen atoms in total. The molecule has 4 aliphatic carbocycles. The Morgan fingerprint density at radius 3 is 2.34 bits per heavy atom. The maximum absolute atomic E-state index is 13.0. The molecule has 6 rings (SSSR count). The van der Waals surface area contributed by atoms with Crippen molar-refractivity contribution in [3.8, 4) is 0 Å². The first-order valence-electron chi connectivity index (χ1n) is 15.2. The second-order valence-electron chi connectivity index (χ2n) is 16.0. The van der Waals surface area contributed by atoms with E-state index in [4.69, 9.17) is 14.2 Å². The van der Waals surface area contributed by atoms with Crippen molar-refractivity contribution in [3.05, 3.63) is 0 Å². The van der Waals surface area contributed by atoms with Crippen LogP contribution in [0.1, 0.15) is 114 Å². The molecule has 0 aromatic rings. The Hall–Kier alpha value is -0.980. The lowest BCUT2D eigenvalue weighted by Gasteiger charge is -2.69. The van der Waals surface area contributed by atoms with Gasteiger partial charge in [0.15, 0.2) is 0 Å². The van der Waals surface area contributed by atoms with E-state index in [1.165, 1.54) is 6.92 Å². The van der Waals surface area contributed by atoms with Crippen molar-refractivity contribution in [2.45, 2.75) is 149 Å². The molecule has 11 unspecified atom stereocenters. The maximum Gasteiger partial charge on any atom is 0.302 e. The van der Waals surface area contributed by atoms with Gasteiger partial charge in [-0.25, -0.2) is 0 Å². The molecule has 1 N–H and O–H groups in total. The van der Waals surface area contributed by atoms with Gasteiger partial charge in [-0.1, -0.05) is 41.5 Å².